The minimum Gasteiger partial charge on any atom is -0.310 e. The summed E-state index contributed by atoms with van der Waals surface area (Å²) < 4.78 is 3.89. The minimum atomic E-state index is 0.979. The average Bonchev–Trinajstić information content (AvgIpc) is 3.59. The molecular weight excluding hydrogens is 454 g/mol. The highest BCUT2D eigenvalue weighted by atomic mass is 15.3. The predicted octanol–water partition coefficient (Wildman–Crippen LogP) is 7.83. The molecule has 0 radical (unpaired) electrons. The molecule has 7 rings (SSSR count). The lowest BCUT2D eigenvalue weighted by molar-refractivity contribution is 0.894. The van der Waals surface area contributed by atoms with Crippen LogP contribution >= 0.6 is 0 Å². The summed E-state index contributed by atoms with van der Waals surface area (Å²) in [6.45, 7) is 0. The van der Waals surface area contributed by atoms with Crippen LogP contribution in [0.1, 0.15) is 0 Å². The van der Waals surface area contributed by atoms with Gasteiger partial charge in [-0.15, -0.1) is 0 Å². The van der Waals surface area contributed by atoms with Gasteiger partial charge in [-0.25, -0.2) is 9.36 Å². The van der Waals surface area contributed by atoms with E-state index < -0.39 is 0 Å². The number of nitrogens with zero attached hydrogens (tertiary/aromatic N) is 5. The first kappa shape index (κ1) is 21.1. The third-order valence-electron chi connectivity index (χ3n) is 6.55. The van der Waals surface area contributed by atoms with Crippen molar-refractivity contribution in [2.75, 3.05) is 4.90 Å². The van der Waals surface area contributed by atoms with E-state index in [0.29, 0.717) is 0 Å². The van der Waals surface area contributed by atoms with Crippen LogP contribution in [0.3, 0.4) is 0 Å². The summed E-state index contributed by atoms with van der Waals surface area (Å²) in [4.78, 5) is 2.26. The van der Waals surface area contributed by atoms with Gasteiger partial charge in [0, 0.05) is 40.2 Å². The average molecular weight is 478 g/mol. The molecule has 2 aromatic heterocycles. The zero-order valence-electron chi connectivity index (χ0n) is 20.0. The fourth-order valence-corrected chi connectivity index (χ4v) is 4.77. The maximum absolute atomic E-state index is 4.79. The molecule has 0 amide bonds. The largest absolute Gasteiger partial charge is 0.310 e. The summed E-state index contributed by atoms with van der Waals surface area (Å²) in [5.41, 5.74) is 7.14. The van der Waals surface area contributed by atoms with E-state index >= 15 is 0 Å². The first-order valence-corrected chi connectivity index (χ1v) is 12.3. The number of para-hydroxylation sites is 1. The number of hydrogen-bond donors (Lipinski definition) is 0. The van der Waals surface area contributed by atoms with Crippen molar-refractivity contribution in [3.8, 4) is 11.4 Å². The van der Waals surface area contributed by atoms with Crippen molar-refractivity contribution in [1.29, 1.82) is 0 Å². The van der Waals surface area contributed by atoms with Crippen LogP contribution in [0, 0.1) is 0 Å². The van der Waals surface area contributed by atoms with Gasteiger partial charge < -0.3 is 4.90 Å². The quantitative estimate of drug-likeness (QED) is 0.254. The van der Waals surface area contributed by atoms with Gasteiger partial charge in [-0.3, -0.25) is 0 Å². The Kier molecular flexibility index (Phi) is 5.03. The third-order valence-corrected chi connectivity index (χ3v) is 6.55. The molecule has 0 N–H and O–H groups in total. The van der Waals surface area contributed by atoms with Gasteiger partial charge in [-0.05, 0) is 60.7 Å². The van der Waals surface area contributed by atoms with Crippen LogP contribution in [0.2, 0.25) is 0 Å². The van der Waals surface area contributed by atoms with Gasteiger partial charge in [-0.2, -0.15) is 10.2 Å². The van der Waals surface area contributed by atoms with Crippen LogP contribution in [0.25, 0.3) is 33.2 Å². The van der Waals surface area contributed by atoms with Gasteiger partial charge in [0.25, 0.3) is 0 Å². The summed E-state index contributed by atoms with van der Waals surface area (Å²) in [5, 5.41) is 11.8. The molecule has 0 saturated heterocycles. The van der Waals surface area contributed by atoms with E-state index in [9.17, 15) is 0 Å². The van der Waals surface area contributed by atoms with Gasteiger partial charge in [-0.1, -0.05) is 66.7 Å². The van der Waals surface area contributed by atoms with E-state index in [1.807, 2.05) is 51.8 Å². The van der Waals surface area contributed by atoms with Crippen molar-refractivity contribution in [2.24, 2.45) is 0 Å². The van der Waals surface area contributed by atoms with Crippen molar-refractivity contribution in [1.82, 2.24) is 19.6 Å². The normalized spacial score (nSPS) is 11.2. The van der Waals surface area contributed by atoms with Crippen molar-refractivity contribution in [3.63, 3.8) is 0 Å². The van der Waals surface area contributed by atoms with Gasteiger partial charge in [0.2, 0.25) is 0 Å². The molecule has 0 spiro atoms. The van der Waals surface area contributed by atoms with Crippen LogP contribution in [0.15, 0.2) is 140 Å². The minimum absolute atomic E-state index is 0.979. The van der Waals surface area contributed by atoms with E-state index in [2.05, 4.69) is 102 Å². The molecule has 5 heteroatoms. The zero-order valence-corrected chi connectivity index (χ0v) is 20.0. The molecule has 37 heavy (non-hydrogen) atoms. The molecule has 0 aliphatic carbocycles. The van der Waals surface area contributed by atoms with Crippen LogP contribution in [0.4, 0.5) is 17.1 Å². The number of benzene rings is 5. The molecule has 5 nitrogen and oxygen atoms in total. The maximum atomic E-state index is 4.79. The maximum Gasteiger partial charge on any atom is 0.0927 e. The Labute approximate surface area is 214 Å². The van der Waals surface area contributed by atoms with Crippen molar-refractivity contribution in [2.45, 2.75) is 0 Å². The Morgan fingerprint density at radius 3 is 1.41 bits per heavy atom. The smallest absolute Gasteiger partial charge is 0.0927 e. The number of fused-ring (bicyclic) bond motifs is 2. The summed E-state index contributed by atoms with van der Waals surface area (Å²) in [7, 11) is 0. The second-order valence-corrected chi connectivity index (χ2v) is 8.98. The topological polar surface area (TPSA) is 38.9 Å². The first-order valence-electron chi connectivity index (χ1n) is 12.3. The van der Waals surface area contributed by atoms with Gasteiger partial charge in [0.15, 0.2) is 0 Å². The molecule has 0 atom stereocenters. The molecule has 5 aromatic carbocycles. The third kappa shape index (κ3) is 3.93. The van der Waals surface area contributed by atoms with E-state index in [1.54, 1.807) is 0 Å². The fraction of sp³-hybridized carbons (Fsp3) is 0. The molecular formula is C32H23N5. The Balaban J connectivity index is 1.34. The molecule has 0 unspecified atom stereocenters. The highest BCUT2D eigenvalue weighted by Gasteiger charge is 2.15. The summed E-state index contributed by atoms with van der Waals surface area (Å²) in [6, 6.07) is 43.7. The van der Waals surface area contributed by atoms with Crippen LogP contribution in [-0.4, -0.2) is 19.6 Å². The Morgan fingerprint density at radius 2 is 0.892 bits per heavy atom. The fourth-order valence-electron chi connectivity index (χ4n) is 4.77. The van der Waals surface area contributed by atoms with Crippen LogP contribution in [0.5, 0.6) is 0 Å². The lowest BCUT2D eigenvalue weighted by Crippen LogP contribution is -2.11. The molecule has 0 aliphatic heterocycles. The summed E-state index contributed by atoms with van der Waals surface area (Å²) in [5.74, 6) is 0. The molecule has 7 aromatic rings. The second kappa shape index (κ2) is 8.81. The molecule has 2 heterocycles. The van der Waals surface area contributed by atoms with Gasteiger partial charge in [0.1, 0.15) is 0 Å². The zero-order chi connectivity index (χ0) is 24.6. The van der Waals surface area contributed by atoms with E-state index in [4.69, 9.17) is 10.2 Å². The number of rotatable bonds is 5. The molecule has 0 fully saturated rings. The first-order chi connectivity index (χ1) is 18.3. The number of aromatic nitrogens is 4. The summed E-state index contributed by atoms with van der Waals surface area (Å²) >= 11 is 0. The SMILES string of the molecule is c1ccc(N(c2cccc(-n3cc4ccccc4n3)c2)c2cccc(-n3cc4ccccc4n3)c2)cc1. The Bertz CT molecular complexity index is 1660. The number of hydrogen-bond acceptors (Lipinski definition) is 3. The van der Waals surface area contributed by atoms with Crippen molar-refractivity contribution in [3.05, 3.63) is 140 Å². The van der Waals surface area contributed by atoms with E-state index in [0.717, 1.165) is 50.2 Å². The van der Waals surface area contributed by atoms with Crippen LogP contribution < -0.4 is 4.90 Å². The lowest BCUT2D eigenvalue weighted by atomic mass is 10.1. The molecule has 0 saturated carbocycles. The molecule has 0 aliphatic rings. The highest BCUT2D eigenvalue weighted by Crippen LogP contribution is 2.36. The standard InChI is InChI=1S/C32H23N5/c1-2-12-26(13-3-1)37(29-16-8-14-27(20-29)35-22-24-10-4-6-18-31(24)33-35)30-17-9-15-28(21-30)36-23-25-11-5-7-19-32(25)34-36/h1-23H. The second-order valence-electron chi connectivity index (χ2n) is 8.98. The van der Waals surface area contributed by atoms with Crippen molar-refractivity contribution >= 4 is 38.9 Å². The monoisotopic (exact) mass is 477 g/mol. The predicted molar refractivity (Wildman–Crippen MR) is 150 cm³/mol. The highest BCUT2D eigenvalue weighted by molar-refractivity contribution is 5.81. The Morgan fingerprint density at radius 1 is 0.432 bits per heavy atom. The summed E-state index contributed by atoms with van der Waals surface area (Å²) in [6.07, 6.45) is 4.15. The van der Waals surface area contributed by atoms with E-state index in [1.165, 1.54) is 0 Å². The molecule has 0 bridgehead atoms. The Hall–Kier alpha value is -5.16. The van der Waals surface area contributed by atoms with Gasteiger partial charge >= 0.3 is 0 Å². The van der Waals surface area contributed by atoms with E-state index in [-0.39, 0.29) is 0 Å². The number of anilines is 3. The lowest BCUT2D eigenvalue weighted by Gasteiger charge is -2.26. The van der Waals surface area contributed by atoms with Gasteiger partial charge in [0.05, 0.1) is 22.4 Å². The van der Waals surface area contributed by atoms with Crippen LogP contribution in [-0.2, 0) is 0 Å². The van der Waals surface area contributed by atoms with Crippen molar-refractivity contribution < 1.29 is 0 Å². The molecule has 176 valence electrons.